The minimum atomic E-state index is -1.13. The molecule has 0 fully saturated rings. The van der Waals surface area contributed by atoms with E-state index in [1.54, 1.807) is 0 Å². The van der Waals surface area contributed by atoms with Gasteiger partial charge < -0.3 is 0 Å². The molecule has 0 heterocycles. The summed E-state index contributed by atoms with van der Waals surface area (Å²) >= 11 is 0. The molecule has 0 bridgehead atoms. The van der Waals surface area contributed by atoms with Crippen LogP contribution in [-0.4, -0.2) is 0 Å². The third-order valence-corrected chi connectivity index (χ3v) is 13.6. The molecular formula is C86H56. The Morgan fingerprint density at radius 1 is 0.140 bits per heavy atom. The van der Waals surface area contributed by atoms with E-state index in [1.165, 1.54) is 0 Å². The fourth-order valence-electron chi connectivity index (χ4n) is 9.94. The van der Waals surface area contributed by atoms with Gasteiger partial charge in [0.15, 0.2) is 0 Å². The fraction of sp³-hybridized carbons (Fsp3) is 0. The Morgan fingerprint density at radius 2 is 0.442 bits per heavy atom. The van der Waals surface area contributed by atoms with Crippen molar-refractivity contribution in [1.29, 1.82) is 0 Å². The van der Waals surface area contributed by atoms with Gasteiger partial charge in [0.05, 0.1) is 76.8 Å². The van der Waals surface area contributed by atoms with Crippen LogP contribution in [0.25, 0.3) is 164 Å². The van der Waals surface area contributed by atoms with Crippen molar-refractivity contribution in [2.75, 3.05) is 0 Å². The Morgan fingerprint density at radius 3 is 0.965 bits per heavy atom. The van der Waals surface area contributed by atoms with Crippen molar-refractivity contribution in [3.8, 4) is 77.9 Å². The smallest absolute Gasteiger partial charge is 0.0622 e. The SMILES string of the molecule is [2H]c1c([2H])c([2H])c(-c2c([2H])c([2H])c([2H])c([2H])c2-c2c3c([2H])c([2H])c([2H])c([2H])c3c(-c3c([2H])c([2H])c([2H])c4c(-c5c([2H])c([2H])c6c([2H])c([2H])c([2H])c([2H])c6c5[2H])c([2H])c([2H])c([2H])c34)c3c([2H])c([2H])c([2H])c([2H])c23)c([2H])c1[2H].[2H]c1c([2H])c([2H])c(-c2c3c([2H])c([2H])c([2H])c([2H])c3c(-c3c([2H])c([2H])c4c([2H])c([2H])c(-c5c([2H])c([2H])c6c([2H])c([2H])c([2H])c([2H])c6c5[2H])c([2H])c4c3[2H])c3c([2H])c([2H])c([2H])c([2H])c23)c([2H])c1[2H]. The second kappa shape index (κ2) is 21.5. The van der Waals surface area contributed by atoms with Gasteiger partial charge in [0, 0.05) is 0 Å². The van der Waals surface area contributed by atoms with Crippen LogP contribution in [0.2, 0.25) is 0 Å². The molecule has 0 spiro atoms. The van der Waals surface area contributed by atoms with E-state index in [4.69, 9.17) is 49.3 Å². The molecular weight excluding hydrogens is 1030 g/mol. The second-order valence-corrected chi connectivity index (χ2v) is 18.2. The molecule has 0 unspecified atom stereocenters. The molecule has 0 aromatic heterocycles. The van der Waals surface area contributed by atoms with Gasteiger partial charge in [-0.25, -0.2) is 0 Å². The van der Waals surface area contributed by atoms with E-state index in [1.807, 2.05) is 0 Å². The van der Waals surface area contributed by atoms with Crippen LogP contribution in [0.15, 0.2) is 338 Å². The van der Waals surface area contributed by atoms with Crippen molar-refractivity contribution in [2.45, 2.75) is 0 Å². The quantitative estimate of drug-likeness (QED) is 0.140. The summed E-state index contributed by atoms with van der Waals surface area (Å²) < 4.78 is 501. The first kappa shape index (κ1) is 19.2. The van der Waals surface area contributed by atoms with Gasteiger partial charge in [-0.05, 0) is 188 Å². The normalized spacial score (nSPS) is 20.6. The molecule has 17 aromatic rings. The molecule has 0 nitrogen and oxygen atoms in total. The molecule has 0 saturated carbocycles. The maximum absolute atomic E-state index is 9.72. The summed E-state index contributed by atoms with van der Waals surface area (Å²) in [6.07, 6.45) is 0. The lowest BCUT2D eigenvalue weighted by Gasteiger charge is -2.20. The highest BCUT2D eigenvalue weighted by molar-refractivity contribution is 6.25. The van der Waals surface area contributed by atoms with Crippen molar-refractivity contribution >= 4 is 86.2 Å². The first-order valence-corrected chi connectivity index (χ1v) is 25.2. The van der Waals surface area contributed by atoms with Gasteiger partial charge in [-0.3, -0.25) is 0 Å². The van der Waals surface area contributed by atoms with Crippen LogP contribution in [-0.2, 0) is 0 Å². The van der Waals surface area contributed by atoms with Gasteiger partial charge >= 0.3 is 0 Å². The van der Waals surface area contributed by atoms with E-state index < -0.39 is 502 Å². The number of hydrogen-bond donors (Lipinski definition) is 0. The van der Waals surface area contributed by atoms with Crippen molar-refractivity contribution in [2.24, 2.45) is 0 Å². The molecule has 400 valence electrons. The van der Waals surface area contributed by atoms with Crippen LogP contribution < -0.4 is 0 Å². The largest absolute Gasteiger partial charge is 0.0636 e. The maximum Gasteiger partial charge on any atom is 0.0636 e. The summed E-state index contributed by atoms with van der Waals surface area (Å²) in [5.41, 5.74) is -11.4. The minimum Gasteiger partial charge on any atom is -0.0622 e. The van der Waals surface area contributed by atoms with Crippen LogP contribution in [0.3, 0.4) is 0 Å². The third-order valence-electron chi connectivity index (χ3n) is 13.6. The van der Waals surface area contributed by atoms with E-state index in [0.29, 0.717) is 0 Å². The van der Waals surface area contributed by atoms with Crippen LogP contribution in [0.4, 0.5) is 0 Å². The first-order valence-electron chi connectivity index (χ1n) is 53.2. The van der Waals surface area contributed by atoms with Gasteiger partial charge in [0.2, 0.25) is 0 Å². The first-order chi connectivity index (χ1) is 66.0. The van der Waals surface area contributed by atoms with Gasteiger partial charge in [-0.2, -0.15) is 0 Å². The Labute approximate surface area is 579 Å². The molecule has 0 aliphatic rings. The molecule has 0 N–H and O–H groups in total. The maximum atomic E-state index is 9.72. The number of rotatable bonds is 7. The van der Waals surface area contributed by atoms with E-state index in [9.17, 15) is 27.4 Å². The molecule has 0 atom stereocenters. The van der Waals surface area contributed by atoms with Crippen molar-refractivity contribution in [1.82, 2.24) is 0 Å². The topological polar surface area (TPSA) is 0 Å². The van der Waals surface area contributed by atoms with E-state index in [2.05, 4.69) is 0 Å². The minimum absolute atomic E-state index is 0.527. The highest BCUT2D eigenvalue weighted by Gasteiger charge is 2.21. The molecule has 0 aliphatic heterocycles. The predicted octanol–water partition coefficient (Wildman–Crippen LogP) is 24.3. The average molecular weight is 1150 g/mol. The molecule has 17 aromatic carbocycles. The number of benzene rings is 17. The summed E-state index contributed by atoms with van der Waals surface area (Å²) in [6.45, 7) is 0. The predicted molar refractivity (Wildman–Crippen MR) is 371 cm³/mol. The summed E-state index contributed by atoms with van der Waals surface area (Å²) in [7, 11) is 0. The lowest BCUT2D eigenvalue weighted by molar-refractivity contribution is 1.61. The van der Waals surface area contributed by atoms with Crippen LogP contribution >= 0.6 is 0 Å². The van der Waals surface area contributed by atoms with E-state index >= 15 is 0 Å². The Bertz CT molecular complexity index is 8720. The van der Waals surface area contributed by atoms with E-state index in [0.717, 1.165) is 0 Å². The molecule has 0 aliphatic carbocycles. The third kappa shape index (κ3) is 8.87. The van der Waals surface area contributed by atoms with Crippen molar-refractivity contribution < 1.29 is 76.8 Å². The Hall–Kier alpha value is -11.2. The van der Waals surface area contributed by atoms with Crippen molar-refractivity contribution in [3.63, 3.8) is 0 Å². The zero-order valence-corrected chi connectivity index (χ0v) is 43.0. The van der Waals surface area contributed by atoms with Gasteiger partial charge in [0.1, 0.15) is 0 Å². The molecule has 0 radical (unpaired) electrons. The standard InChI is InChI=1S/C46H30.C40H26/c1-2-15-32(16-3-1)35-18-6-7-19-39(35)45-41-20-8-10-22-43(41)46(44-23-11-9-21-42(44)45)40-27-13-25-37-36(24-12-26-38(37)40)34-29-28-31-14-4-5-17-33(31)30-34;1-2-11-29(12-3-1)39-35-14-6-8-16-37(35)40(38-17-9-7-15-36(38)39)33-23-20-28-19-22-32(25-34(28)26-33)31-21-18-27-10-4-5-13-30(27)24-31/h1-30H;1-26H/i1D,2D,3D,4D,5D,6D,7D,8D,9D,10D,11D,12D,13D,14D,15D,16D,17D,18D,19D,20D,21D,22D,23D,24D,25D,26D,27D,28D,29D,30D;1D,2D,3D,4D,5D,6D,7D,8D,9D,10D,11D,12D,13D,14D,15D,16D,17D,18D,19D,20D,21D,22D,23D,24D,25D,26D. The molecule has 0 saturated heterocycles. The molecule has 0 heteroatoms. The summed E-state index contributed by atoms with van der Waals surface area (Å²) in [6, 6.07) is -54.5. The van der Waals surface area contributed by atoms with E-state index in [-0.39, 0.29) is 0 Å². The van der Waals surface area contributed by atoms with Gasteiger partial charge in [-0.15, -0.1) is 0 Å². The Kier molecular flexibility index (Phi) is 4.80. The monoisotopic (exact) mass is 1140 g/mol. The van der Waals surface area contributed by atoms with Crippen LogP contribution in [0.5, 0.6) is 0 Å². The highest BCUT2D eigenvalue weighted by Crippen LogP contribution is 2.49. The summed E-state index contributed by atoms with van der Waals surface area (Å²) in [5, 5.41) is -11.6. The average Bonchev–Trinajstić information content (AvgIpc) is 0.675. The lowest BCUT2D eigenvalue weighted by Crippen LogP contribution is -1.93. The zero-order chi connectivity index (χ0) is 106. The van der Waals surface area contributed by atoms with Crippen LogP contribution in [0, 0.1) is 0 Å². The molecule has 17 rings (SSSR count). The second-order valence-electron chi connectivity index (χ2n) is 18.2. The zero-order valence-electron chi connectivity index (χ0n) is 99.0. The van der Waals surface area contributed by atoms with Gasteiger partial charge in [-0.1, -0.05) is 314 Å². The Balaban J connectivity index is 0.000000206. The lowest BCUT2D eigenvalue weighted by atomic mass is 9.82. The molecule has 86 heavy (non-hydrogen) atoms. The highest BCUT2D eigenvalue weighted by atomic mass is 14.2. The van der Waals surface area contributed by atoms with Crippen molar-refractivity contribution in [3.05, 3.63) is 338 Å². The fourth-order valence-corrected chi connectivity index (χ4v) is 9.94. The summed E-state index contributed by atoms with van der Waals surface area (Å²) in [4.78, 5) is 0. The van der Waals surface area contributed by atoms with Gasteiger partial charge in [0.25, 0.3) is 0 Å². The number of fused-ring (bicyclic) bond motifs is 8. The number of hydrogen-bond acceptors (Lipinski definition) is 0. The van der Waals surface area contributed by atoms with Crippen LogP contribution in [0.1, 0.15) is 76.8 Å². The summed E-state index contributed by atoms with van der Waals surface area (Å²) in [5.74, 6) is 0. The molecule has 0 amide bonds.